The van der Waals surface area contributed by atoms with Gasteiger partial charge in [-0.15, -0.1) is 11.3 Å². The van der Waals surface area contributed by atoms with Crippen LogP contribution in [0, 0.1) is 12.7 Å². The maximum Gasteiger partial charge on any atom is 0.239 e. The van der Waals surface area contributed by atoms with E-state index in [2.05, 4.69) is 15.4 Å². The van der Waals surface area contributed by atoms with Crippen molar-refractivity contribution in [1.82, 2.24) is 9.97 Å². The Morgan fingerprint density at radius 3 is 2.85 bits per heavy atom. The second kappa shape index (κ2) is 5.35. The Morgan fingerprint density at radius 1 is 1.30 bits per heavy atom. The van der Waals surface area contributed by atoms with E-state index in [4.69, 9.17) is 5.84 Å². The summed E-state index contributed by atoms with van der Waals surface area (Å²) >= 11 is 2.83. The number of rotatable bonds is 3. The van der Waals surface area contributed by atoms with Gasteiger partial charge in [0.1, 0.15) is 15.7 Å². The quantitative estimate of drug-likeness (QED) is 0.440. The lowest BCUT2D eigenvalue weighted by Gasteiger charge is -2.05. The number of nitrogens with two attached hydrogens (primary N) is 1. The van der Waals surface area contributed by atoms with E-state index in [1.165, 1.54) is 17.8 Å². The average molecular weight is 306 g/mol. The fourth-order valence-corrected chi connectivity index (χ4v) is 3.65. The van der Waals surface area contributed by atoms with E-state index in [9.17, 15) is 4.39 Å². The largest absolute Gasteiger partial charge is 0.292 e. The zero-order valence-corrected chi connectivity index (χ0v) is 12.2. The molecule has 0 aliphatic carbocycles. The molecule has 0 amide bonds. The Hall–Kier alpha value is -1.70. The number of halogens is 1. The summed E-state index contributed by atoms with van der Waals surface area (Å²) < 4.78 is 13.8. The molecule has 0 aliphatic rings. The second-order valence-corrected chi connectivity index (χ2v) is 6.37. The van der Waals surface area contributed by atoms with Crippen LogP contribution in [0.2, 0.25) is 0 Å². The molecule has 20 heavy (non-hydrogen) atoms. The van der Waals surface area contributed by atoms with Crippen molar-refractivity contribution in [3.05, 3.63) is 41.0 Å². The molecule has 4 nitrogen and oxygen atoms in total. The zero-order chi connectivity index (χ0) is 14.1. The molecule has 0 saturated heterocycles. The Kier molecular flexibility index (Phi) is 3.56. The Bertz CT molecular complexity index is 772. The van der Waals surface area contributed by atoms with Crippen LogP contribution in [0.15, 0.2) is 40.3 Å². The molecule has 0 spiro atoms. The smallest absolute Gasteiger partial charge is 0.239 e. The molecule has 3 rings (SSSR count). The van der Waals surface area contributed by atoms with Crippen LogP contribution in [0.4, 0.5) is 10.3 Å². The summed E-state index contributed by atoms with van der Waals surface area (Å²) in [6.45, 7) is 2.00. The summed E-state index contributed by atoms with van der Waals surface area (Å²) in [6.07, 6.45) is 0. The fourth-order valence-electron chi connectivity index (χ4n) is 1.79. The first-order valence-electron chi connectivity index (χ1n) is 5.84. The number of hydrazine groups is 1. The summed E-state index contributed by atoms with van der Waals surface area (Å²) in [7, 11) is 0. The Morgan fingerprint density at radius 2 is 2.10 bits per heavy atom. The minimum absolute atomic E-state index is 0.265. The number of nitrogens with zero attached hydrogens (tertiary/aromatic N) is 2. The van der Waals surface area contributed by atoms with E-state index >= 15 is 0 Å². The minimum Gasteiger partial charge on any atom is -0.292 e. The van der Waals surface area contributed by atoms with Crippen LogP contribution < -0.4 is 11.3 Å². The molecule has 1 aromatic carbocycles. The van der Waals surface area contributed by atoms with Crippen LogP contribution in [-0.2, 0) is 0 Å². The van der Waals surface area contributed by atoms with Crippen molar-refractivity contribution in [2.24, 2.45) is 5.84 Å². The molecule has 7 heteroatoms. The molecule has 0 bridgehead atoms. The highest BCUT2D eigenvalue weighted by atomic mass is 32.2. The molecule has 0 radical (unpaired) electrons. The number of aromatic nitrogens is 2. The van der Waals surface area contributed by atoms with Gasteiger partial charge in [-0.2, -0.15) is 0 Å². The number of benzene rings is 1. The van der Waals surface area contributed by atoms with Crippen LogP contribution in [0.25, 0.3) is 10.2 Å². The molecule has 0 fully saturated rings. The molecule has 0 unspecified atom stereocenters. The number of hydrogen-bond donors (Lipinski definition) is 2. The highest BCUT2D eigenvalue weighted by molar-refractivity contribution is 7.99. The minimum atomic E-state index is -0.265. The van der Waals surface area contributed by atoms with Crippen LogP contribution in [0.5, 0.6) is 0 Å². The first kappa shape index (κ1) is 13.3. The number of nitrogen functional groups attached to an aromatic ring is 1. The molecule has 102 valence electrons. The third kappa shape index (κ3) is 2.47. The first-order valence-corrected chi connectivity index (χ1v) is 7.48. The number of nitrogens with one attached hydrogen (secondary N) is 1. The number of thiophene rings is 1. The van der Waals surface area contributed by atoms with Crippen LogP contribution in [0.1, 0.15) is 4.88 Å². The Balaban J connectivity index is 2.12. The van der Waals surface area contributed by atoms with E-state index in [0.717, 1.165) is 15.1 Å². The van der Waals surface area contributed by atoms with E-state index < -0.39 is 0 Å². The third-order valence-electron chi connectivity index (χ3n) is 2.65. The lowest BCUT2D eigenvalue weighted by molar-refractivity contribution is 0.602. The standard InChI is InChI=1S/C13H11FN4S2/c1-7-6-8-11(19-7)16-13(18-15)17-12(8)20-10-5-3-2-4-9(10)14/h2-6H,15H2,1H3,(H,16,17,18). The Labute approximate surface area is 123 Å². The zero-order valence-electron chi connectivity index (χ0n) is 10.6. The first-order chi connectivity index (χ1) is 9.67. The van der Waals surface area contributed by atoms with Crippen LogP contribution in [0.3, 0.4) is 0 Å². The molecule has 3 N–H and O–H groups in total. The molecular weight excluding hydrogens is 295 g/mol. The number of aryl methyl sites for hydroxylation is 1. The van der Waals surface area contributed by atoms with Crippen LogP contribution >= 0.6 is 23.1 Å². The van der Waals surface area contributed by atoms with Crippen molar-refractivity contribution in [3.63, 3.8) is 0 Å². The van der Waals surface area contributed by atoms with Gasteiger partial charge in [0.05, 0.1) is 0 Å². The van der Waals surface area contributed by atoms with E-state index in [1.807, 2.05) is 13.0 Å². The van der Waals surface area contributed by atoms with Crippen molar-refractivity contribution in [1.29, 1.82) is 0 Å². The van der Waals surface area contributed by atoms with Gasteiger partial charge >= 0.3 is 0 Å². The summed E-state index contributed by atoms with van der Waals surface area (Å²) in [5.41, 5.74) is 2.45. The van der Waals surface area contributed by atoms with Crippen molar-refractivity contribution in [2.75, 3.05) is 5.43 Å². The van der Waals surface area contributed by atoms with Gasteiger partial charge in [0.15, 0.2) is 0 Å². The van der Waals surface area contributed by atoms with Gasteiger partial charge < -0.3 is 0 Å². The molecule has 0 aliphatic heterocycles. The van der Waals surface area contributed by atoms with Gasteiger partial charge in [-0.1, -0.05) is 23.9 Å². The van der Waals surface area contributed by atoms with E-state index in [-0.39, 0.29) is 5.82 Å². The lowest BCUT2D eigenvalue weighted by atomic mass is 10.3. The van der Waals surface area contributed by atoms with Gasteiger partial charge in [-0.3, -0.25) is 5.43 Å². The average Bonchev–Trinajstić information content (AvgIpc) is 2.81. The maximum atomic E-state index is 13.8. The van der Waals surface area contributed by atoms with Gasteiger partial charge in [0, 0.05) is 15.2 Å². The predicted octanol–water partition coefficient (Wildman–Crippen LogP) is 3.58. The summed E-state index contributed by atoms with van der Waals surface area (Å²) in [5.74, 6) is 5.45. The third-order valence-corrected chi connectivity index (χ3v) is 4.65. The van der Waals surface area contributed by atoms with Gasteiger partial charge in [0.25, 0.3) is 0 Å². The highest BCUT2D eigenvalue weighted by Crippen LogP contribution is 2.36. The van der Waals surface area contributed by atoms with Gasteiger partial charge in [0.2, 0.25) is 5.95 Å². The van der Waals surface area contributed by atoms with Gasteiger partial charge in [-0.05, 0) is 25.1 Å². The molecule has 2 aromatic heterocycles. The van der Waals surface area contributed by atoms with Crippen molar-refractivity contribution >= 4 is 39.3 Å². The summed E-state index contributed by atoms with van der Waals surface area (Å²) in [5, 5.41) is 1.61. The SMILES string of the molecule is Cc1cc2c(Sc3ccccc3F)nc(NN)nc2s1. The lowest BCUT2D eigenvalue weighted by Crippen LogP contribution is -2.10. The van der Waals surface area contributed by atoms with Crippen LogP contribution in [-0.4, -0.2) is 9.97 Å². The number of hydrogen-bond acceptors (Lipinski definition) is 6. The monoisotopic (exact) mass is 306 g/mol. The van der Waals surface area contributed by atoms with E-state index in [0.29, 0.717) is 15.9 Å². The normalized spacial score (nSPS) is 10.9. The molecule has 3 aromatic rings. The highest BCUT2D eigenvalue weighted by Gasteiger charge is 2.13. The molecule has 2 heterocycles. The van der Waals surface area contributed by atoms with E-state index in [1.54, 1.807) is 29.5 Å². The second-order valence-electron chi connectivity index (χ2n) is 4.11. The number of anilines is 1. The summed E-state index contributed by atoms with van der Waals surface area (Å²) in [6, 6.07) is 8.62. The van der Waals surface area contributed by atoms with Crippen molar-refractivity contribution < 1.29 is 4.39 Å². The van der Waals surface area contributed by atoms with Gasteiger partial charge in [-0.25, -0.2) is 20.2 Å². The van der Waals surface area contributed by atoms with Crippen molar-refractivity contribution in [3.8, 4) is 0 Å². The number of fused-ring (bicyclic) bond motifs is 1. The maximum absolute atomic E-state index is 13.8. The molecule has 0 saturated carbocycles. The molecular formula is C13H11FN4S2. The molecule has 0 atom stereocenters. The fraction of sp³-hybridized carbons (Fsp3) is 0.0769. The summed E-state index contributed by atoms with van der Waals surface area (Å²) in [4.78, 5) is 11.1. The van der Waals surface area contributed by atoms with Crippen molar-refractivity contribution in [2.45, 2.75) is 16.8 Å². The topological polar surface area (TPSA) is 63.8 Å². The predicted molar refractivity (Wildman–Crippen MR) is 80.5 cm³/mol.